The molecule has 0 aromatic carbocycles. The highest BCUT2D eigenvalue weighted by atomic mass is 16.4. The zero-order chi connectivity index (χ0) is 7.84. The molecular formula is C7H8N2O2. The van der Waals surface area contributed by atoms with Gasteiger partial charge < -0.3 is 9.73 Å². The number of aromatic amines is 1. The molecule has 0 radical (unpaired) electrons. The van der Waals surface area contributed by atoms with E-state index >= 15 is 0 Å². The Morgan fingerprint density at radius 3 is 3.18 bits per heavy atom. The molecule has 4 nitrogen and oxygen atoms in total. The number of H-pyrrole nitrogens is 1. The largest absolute Gasteiger partial charge is 0.418 e. The van der Waals surface area contributed by atoms with E-state index in [4.69, 9.17) is 4.42 Å². The van der Waals surface area contributed by atoms with Crippen molar-refractivity contribution in [2.24, 2.45) is 0 Å². The SMILES string of the molecule is CC1=CCNc2[nH]c(=O)oc21. The highest BCUT2D eigenvalue weighted by Gasteiger charge is 2.13. The van der Waals surface area contributed by atoms with Crippen LogP contribution in [0.2, 0.25) is 0 Å². The van der Waals surface area contributed by atoms with Gasteiger partial charge in [-0.25, -0.2) is 4.79 Å². The molecule has 11 heavy (non-hydrogen) atoms. The number of hydrogen-bond donors (Lipinski definition) is 2. The summed E-state index contributed by atoms with van der Waals surface area (Å²) in [6, 6.07) is 0. The number of oxazole rings is 1. The molecule has 0 fully saturated rings. The first kappa shape index (κ1) is 6.27. The van der Waals surface area contributed by atoms with Crippen molar-refractivity contribution >= 4 is 11.4 Å². The first-order valence-electron chi connectivity index (χ1n) is 3.41. The average molecular weight is 152 g/mol. The zero-order valence-electron chi connectivity index (χ0n) is 6.10. The molecule has 58 valence electrons. The van der Waals surface area contributed by atoms with Crippen molar-refractivity contribution in [1.82, 2.24) is 4.98 Å². The maximum Gasteiger partial charge on any atom is 0.418 e. The highest BCUT2D eigenvalue weighted by molar-refractivity contribution is 5.71. The fourth-order valence-electron chi connectivity index (χ4n) is 1.13. The van der Waals surface area contributed by atoms with Crippen molar-refractivity contribution in [2.45, 2.75) is 6.92 Å². The quantitative estimate of drug-likeness (QED) is 0.578. The minimum absolute atomic E-state index is 0.405. The molecule has 0 saturated heterocycles. The van der Waals surface area contributed by atoms with E-state index in [2.05, 4.69) is 10.3 Å². The Balaban J connectivity index is 2.64. The van der Waals surface area contributed by atoms with E-state index in [0.29, 0.717) is 11.6 Å². The van der Waals surface area contributed by atoms with E-state index in [9.17, 15) is 4.79 Å². The van der Waals surface area contributed by atoms with Gasteiger partial charge in [-0.2, -0.15) is 0 Å². The number of nitrogens with one attached hydrogen (secondary N) is 2. The van der Waals surface area contributed by atoms with E-state index in [1.165, 1.54) is 0 Å². The van der Waals surface area contributed by atoms with Crippen LogP contribution in [0.3, 0.4) is 0 Å². The number of allylic oxidation sites excluding steroid dienone is 1. The van der Waals surface area contributed by atoms with E-state index in [1.54, 1.807) is 0 Å². The first-order valence-corrected chi connectivity index (χ1v) is 3.41. The predicted molar refractivity (Wildman–Crippen MR) is 41.5 cm³/mol. The third-order valence-corrected chi connectivity index (χ3v) is 1.69. The summed E-state index contributed by atoms with van der Waals surface area (Å²) in [5, 5.41) is 2.99. The van der Waals surface area contributed by atoms with E-state index in [-0.39, 0.29) is 0 Å². The van der Waals surface area contributed by atoms with Crippen molar-refractivity contribution < 1.29 is 4.42 Å². The van der Waals surface area contributed by atoms with Gasteiger partial charge in [-0.05, 0) is 12.5 Å². The van der Waals surface area contributed by atoms with Crippen LogP contribution in [0.5, 0.6) is 0 Å². The number of fused-ring (bicyclic) bond motifs is 1. The maximum atomic E-state index is 10.7. The van der Waals surface area contributed by atoms with Crippen LogP contribution < -0.4 is 11.1 Å². The summed E-state index contributed by atoms with van der Waals surface area (Å²) in [5.74, 6) is 0.911. The molecule has 0 amide bonds. The lowest BCUT2D eigenvalue weighted by Gasteiger charge is -2.08. The molecule has 1 aromatic heterocycles. The second kappa shape index (κ2) is 2.02. The molecule has 4 heteroatoms. The lowest BCUT2D eigenvalue weighted by molar-refractivity contribution is 0.503. The minimum atomic E-state index is -0.405. The van der Waals surface area contributed by atoms with Gasteiger partial charge in [0.15, 0.2) is 11.6 Å². The van der Waals surface area contributed by atoms with E-state index in [0.717, 1.165) is 12.1 Å². The molecule has 0 bridgehead atoms. The van der Waals surface area contributed by atoms with Gasteiger partial charge in [0.2, 0.25) is 0 Å². The van der Waals surface area contributed by atoms with Crippen molar-refractivity contribution in [3.8, 4) is 0 Å². The number of rotatable bonds is 0. The molecule has 1 aromatic rings. The van der Waals surface area contributed by atoms with Crippen molar-refractivity contribution in [1.29, 1.82) is 0 Å². The smallest absolute Gasteiger partial charge is 0.406 e. The topological polar surface area (TPSA) is 58.0 Å². The molecule has 1 aliphatic heterocycles. The standard InChI is InChI=1S/C7H8N2O2/c1-4-2-3-8-6-5(4)11-7(10)9-6/h2,8H,3H2,1H3,(H,9,10). The van der Waals surface area contributed by atoms with Gasteiger partial charge in [-0.1, -0.05) is 6.08 Å². The third kappa shape index (κ3) is 0.869. The van der Waals surface area contributed by atoms with Crippen LogP contribution >= 0.6 is 0 Å². The van der Waals surface area contributed by atoms with Crippen molar-refractivity contribution in [3.05, 3.63) is 22.4 Å². The van der Waals surface area contributed by atoms with Crippen LogP contribution in [0.4, 0.5) is 5.82 Å². The normalized spacial score (nSPS) is 15.2. The monoisotopic (exact) mass is 152 g/mol. The van der Waals surface area contributed by atoms with Crippen LogP contribution in [0.25, 0.3) is 5.57 Å². The summed E-state index contributed by atoms with van der Waals surface area (Å²) in [6.45, 7) is 2.66. The van der Waals surface area contributed by atoms with E-state index in [1.807, 2.05) is 13.0 Å². The molecule has 2 heterocycles. The molecule has 0 unspecified atom stereocenters. The number of anilines is 1. The lowest BCUT2D eigenvalue weighted by atomic mass is 10.2. The van der Waals surface area contributed by atoms with Crippen LogP contribution in [-0.4, -0.2) is 11.5 Å². The van der Waals surface area contributed by atoms with Gasteiger partial charge in [0.1, 0.15) is 0 Å². The Kier molecular flexibility index (Phi) is 1.15. The number of aromatic nitrogens is 1. The first-order chi connectivity index (χ1) is 5.27. The Hall–Kier alpha value is -1.45. The summed E-state index contributed by atoms with van der Waals surface area (Å²) in [6.07, 6.45) is 1.97. The van der Waals surface area contributed by atoms with Crippen LogP contribution in [0.15, 0.2) is 15.3 Å². The summed E-state index contributed by atoms with van der Waals surface area (Å²) in [4.78, 5) is 13.3. The molecule has 1 aliphatic rings. The maximum absolute atomic E-state index is 10.7. The average Bonchev–Trinajstić information content (AvgIpc) is 2.31. The Bertz CT molecular complexity index is 359. The summed E-state index contributed by atoms with van der Waals surface area (Å²) >= 11 is 0. The van der Waals surface area contributed by atoms with Crippen molar-refractivity contribution in [3.63, 3.8) is 0 Å². The Labute approximate surface area is 62.9 Å². The Morgan fingerprint density at radius 2 is 2.45 bits per heavy atom. The van der Waals surface area contributed by atoms with Crippen molar-refractivity contribution in [2.75, 3.05) is 11.9 Å². The van der Waals surface area contributed by atoms with E-state index < -0.39 is 5.76 Å². The third-order valence-electron chi connectivity index (χ3n) is 1.69. The van der Waals surface area contributed by atoms with Gasteiger partial charge in [-0.15, -0.1) is 0 Å². The van der Waals surface area contributed by atoms with Gasteiger partial charge in [0, 0.05) is 6.54 Å². The molecule has 2 rings (SSSR count). The van der Waals surface area contributed by atoms with Crippen LogP contribution in [-0.2, 0) is 0 Å². The molecular weight excluding hydrogens is 144 g/mol. The zero-order valence-corrected chi connectivity index (χ0v) is 6.10. The molecule has 0 aliphatic carbocycles. The lowest BCUT2D eigenvalue weighted by Crippen LogP contribution is -2.06. The predicted octanol–water partition coefficient (Wildman–Crippen LogP) is 0.797. The molecule has 0 atom stereocenters. The van der Waals surface area contributed by atoms with Crippen LogP contribution in [0.1, 0.15) is 12.7 Å². The molecule has 0 saturated carbocycles. The second-order valence-corrected chi connectivity index (χ2v) is 2.49. The summed E-state index contributed by atoms with van der Waals surface area (Å²) < 4.78 is 4.88. The van der Waals surface area contributed by atoms with Gasteiger partial charge >= 0.3 is 5.76 Å². The highest BCUT2D eigenvalue weighted by Crippen LogP contribution is 2.22. The second-order valence-electron chi connectivity index (χ2n) is 2.49. The Morgan fingerprint density at radius 1 is 1.64 bits per heavy atom. The fraction of sp³-hybridized carbons (Fsp3) is 0.286. The number of hydrogen-bond acceptors (Lipinski definition) is 3. The fourth-order valence-corrected chi connectivity index (χ4v) is 1.13. The molecule has 0 spiro atoms. The van der Waals surface area contributed by atoms with Crippen LogP contribution in [0, 0.1) is 0 Å². The van der Waals surface area contributed by atoms with Gasteiger partial charge in [0.25, 0.3) is 0 Å². The molecule has 2 N–H and O–H groups in total. The summed E-state index contributed by atoms with van der Waals surface area (Å²) in [7, 11) is 0. The van der Waals surface area contributed by atoms with Gasteiger partial charge in [-0.3, -0.25) is 4.98 Å². The summed E-state index contributed by atoms with van der Waals surface area (Å²) in [5.41, 5.74) is 0.997. The minimum Gasteiger partial charge on any atom is -0.406 e. The van der Waals surface area contributed by atoms with Gasteiger partial charge in [0.05, 0.1) is 0 Å².